The predicted octanol–water partition coefficient (Wildman–Crippen LogP) is 3.81. The van der Waals surface area contributed by atoms with Gasteiger partial charge in [-0.1, -0.05) is 54.2 Å². The van der Waals surface area contributed by atoms with E-state index in [1.54, 1.807) is 44.6 Å². The minimum absolute atomic E-state index is 0.0923. The van der Waals surface area contributed by atoms with Crippen LogP contribution in [0.15, 0.2) is 82.7 Å². The maximum atomic E-state index is 13.4. The number of fused-ring (bicyclic) bond motifs is 1. The Hall–Kier alpha value is -3.78. The summed E-state index contributed by atoms with van der Waals surface area (Å²) in [6, 6.07) is 21.9. The molecule has 0 spiro atoms. The lowest BCUT2D eigenvalue weighted by atomic mass is 10.2. The number of nitrogens with zero attached hydrogens (tertiary/aromatic N) is 2. The molecule has 1 amide bonds. The molecule has 1 N–H and O–H groups in total. The van der Waals surface area contributed by atoms with E-state index in [4.69, 9.17) is 9.47 Å². The Bertz CT molecular complexity index is 1350. The molecular weight excluding hydrogens is 438 g/mol. The Morgan fingerprint density at radius 3 is 2.39 bits per heavy atom. The quantitative estimate of drug-likeness (QED) is 0.317. The molecule has 33 heavy (non-hydrogen) atoms. The zero-order chi connectivity index (χ0) is 23.2. The van der Waals surface area contributed by atoms with Crippen LogP contribution in [-0.2, 0) is 11.3 Å². The second-order valence-corrected chi connectivity index (χ2v) is 8.04. The van der Waals surface area contributed by atoms with E-state index in [1.165, 1.54) is 16.3 Å². The minimum atomic E-state index is -0.220. The number of amides is 1. The van der Waals surface area contributed by atoms with Crippen LogP contribution in [-0.4, -0.2) is 35.4 Å². The standard InChI is InChI=1S/C25H23N3O4S/c1-31-21-13-7-3-9-17(21)15-26-23(29)16-33-25-27-19-11-5-4-10-18(19)24(30)28(25)20-12-6-8-14-22(20)32-2/h3-14H,15-16H2,1-2H3,(H,26,29). The average Bonchev–Trinajstić information content (AvgIpc) is 2.86. The van der Waals surface area contributed by atoms with E-state index in [1.807, 2.05) is 42.5 Å². The average molecular weight is 462 g/mol. The second-order valence-electron chi connectivity index (χ2n) is 7.10. The molecule has 7 nitrogen and oxygen atoms in total. The van der Waals surface area contributed by atoms with E-state index in [9.17, 15) is 9.59 Å². The minimum Gasteiger partial charge on any atom is -0.496 e. The van der Waals surface area contributed by atoms with Gasteiger partial charge < -0.3 is 14.8 Å². The number of para-hydroxylation sites is 4. The van der Waals surface area contributed by atoms with Crippen molar-refractivity contribution in [2.45, 2.75) is 11.7 Å². The number of hydrogen-bond acceptors (Lipinski definition) is 6. The topological polar surface area (TPSA) is 82.5 Å². The summed E-state index contributed by atoms with van der Waals surface area (Å²) in [5.74, 6) is 1.17. The van der Waals surface area contributed by atoms with Crippen LogP contribution >= 0.6 is 11.8 Å². The van der Waals surface area contributed by atoms with E-state index in [0.29, 0.717) is 39.8 Å². The Labute approximate surface area is 195 Å². The molecule has 0 saturated heterocycles. The lowest BCUT2D eigenvalue weighted by Gasteiger charge is -2.15. The second kappa shape index (κ2) is 10.2. The van der Waals surface area contributed by atoms with Crippen molar-refractivity contribution in [3.8, 4) is 17.2 Å². The first-order chi connectivity index (χ1) is 16.1. The zero-order valence-electron chi connectivity index (χ0n) is 18.3. The summed E-state index contributed by atoms with van der Waals surface area (Å²) in [6.45, 7) is 0.341. The molecule has 168 valence electrons. The molecule has 0 radical (unpaired) electrons. The molecule has 0 aliphatic carbocycles. The van der Waals surface area contributed by atoms with Gasteiger partial charge in [0.25, 0.3) is 5.56 Å². The number of nitrogens with one attached hydrogen (secondary N) is 1. The van der Waals surface area contributed by atoms with Gasteiger partial charge >= 0.3 is 0 Å². The van der Waals surface area contributed by atoms with Crippen LogP contribution in [0.25, 0.3) is 16.6 Å². The van der Waals surface area contributed by atoms with Crippen molar-refractivity contribution in [3.05, 3.63) is 88.7 Å². The normalized spacial score (nSPS) is 10.7. The smallest absolute Gasteiger partial charge is 0.266 e. The first-order valence-corrected chi connectivity index (χ1v) is 11.3. The lowest BCUT2D eigenvalue weighted by Crippen LogP contribution is -2.26. The van der Waals surface area contributed by atoms with Crippen LogP contribution in [0.5, 0.6) is 11.5 Å². The Morgan fingerprint density at radius 2 is 1.61 bits per heavy atom. The van der Waals surface area contributed by atoms with Gasteiger partial charge in [-0.15, -0.1) is 0 Å². The monoisotopic (exact) mass is 461 g/mol. The van der Waals surface area contributed by atoms with Crippen LogP contribution in [0.4, 0.5) is 0 Å². The third-order valence-corrected chi connectivity index (χ3v) is 6.01. The van der Waals surface area contributed by atoms with E-state index >= 15 is 0 Å². The van der Waals surface area contributed by atoms with E-state index in [-0.39, 0.29) is 17.2 Å². The molecule has 0 atom stereocenters. The summed E-state index contributed by atoms with van der Waals surface area (Å²) >= 11 is 1.20. The summed E-state index contributed by atoms with van der Waals surface area (Å²) in [5, 5.41) is 3.80. The molecule has 1 aromatic heterocycles. The number of ether oxygens (including phenoxy) is 2. The zero-order valence-corrected chi connectivity index (χ0v) is 19.1. The highest BCUT2D eigenvalue weighted by molar-refractivity contribution is 7.99. The predicted molar refractivity (Wildman–Crippen MR) is 129 cm³/mol. The van der Waals surface area contributed by atoms with Gasteiger partial charge in [0.05, 0.1) is 36.6 Å². The van der Waals surface area contributed by atoms with Gasteiger partial charge in [-0.05, 0) is 30.3 Å². The Kier molecular flexibility index (Phi) is 6.95. The highest BCUT2D eigenvalue weighted by Gasteiger charge is 2.17. The molecule has 0 saturated carbocycles. The third-order valence-electron chi connectivity index (χ3n) is 5.07. The maximum absolute atomic E-state index is 13.4. The molecule has 0 bridgehead atoms. The van der Waals surface area contributed by atoms with Crippen LogP contribution in [0.1, 0.15) is 5.56 Å². The molecule has 8 heteroatoms. The molecule has 0 unspecified atom stereocenters. The Balaban J connectivity index is 1.62. The Morgan fingerprint density at radius 1 is 0.939 bits per heavy atom. The van der Waals surface area contributed by atoms with E-state index in [0.717, 1.165) is 5.56 Å². The fraction of sp³-hybridized carbons (Fsp3) is 0.160. The highest BCUT2D eigenvalue weighted by atomic mass is 32.2. The summed E-state index contributed by atoms with van der Waals surface area (Å²) in [5.41, 5.74) is 1.81. The molecular formula is C25H23N3O4S. The first-order valence-electron chi connectivity index (χ1n) is 10.3. The third kappa shape index (κ3) is 4.85. The van der Waals surface area contributed by atoms with Gasteiger partial charge in [-0.2, -0.15) is 0 Å². The van der Waals surface area contributed by atoms with Gasteiger partial charge in [-0.25, -0.2) is 4.98 Å². The summed E-state index contributed by atoms with van der Waals surface area (Å²) < 4.78 is 12.3. The molecule has 1 heterocycles. The van der Waals surface area contributed by atoms with Crippen molar-refractivity contribution < 1.29 is 14.3 Å². The largest absolute Gasteiger partial charge is 0.496 e. The molecule has 0 aliphatic heterocycles. The summed E-state index contributed by atoms with van der Waals surface area (Å²) in [6.07, 6.45) is 0. The molecule has 3 aromatic carbocycles. The van der Waals surface area contributed by atoms with Crippen LogP contribution in [0.2, 0.25) is 0 Å². The molecule has 4 aromatic rings. The van der Waals surface area contributed by atoms with Gasteiger partial charge in [0.1, 0.15) is 11.5 Å². The van der Waals surface area contributed by atoms with Crippen molar-refractivity contribution in [1.29, 1.82) is 0 Å². The summed E-state index contributed by atoms with van der Waals surface area (Å²) in [4.78, 5) is 30.7. The number of hydrogen-bond donors (Lipinski definition) is 1. The van der Waals surface area contributed by atoms with Crippen molar-refractivity contribution in [2.75, 3.05) is 20.0 Å². The maximum Gasteiger partial charge on any atom is 0.266 e. The van der Waals surface area contributed by atoms with Crippen LogP contribution < -0.4 is 20.3 Å². The van der Waals surface area contributed by atoms with Gasteiger partial charge in [-0.3, -0.25) is 14.2 Å². The van der Waals surface area contributed by atoms with Gasteiger partial charge in [0.15, 0.2) is 5.16 Å². The van der Waals surface area contributed by atoms with Crippen molar-refractivity contribution in [1.82, 2.24) is 14.9 Å². The van der Waals surface area contributed by atoms with Crippen LogP contribution in [0.3, 0.4) is 0 Å². The van der Waals surface area contributed by atoms with E-state index in [2.05, 4.69) is 10.3 Å². The molecule has 0 aliphatic rings. The lowest BCUT2D eigenvalue weighted by molar-refractivity contribution is -0.118. The highest BCUT2D eigenvalue weighted by Crippen LogP contribution is 2.27. The van der Waals surface area contributed by atoms with Crippen molar-refractivity contribution >= 4 is 28.6 Å². The molecule has 0 fully saturated rings. The number of carbonyl (C=O) groups excluding carboxylic acids is 1. The number of thioether (sulfide) groups is 1. The van der Waals surface area contributed by atoms with Gasteiger partial charge in [0, 0.05) is 12.1 Å². The number of aromatic nitrogens is 2. The fourth-order valence-electron chi connectivity index (χ4n) is 3.46. The summed E-state index contributed by atoms with van der Waals surface area (Å²) in [7, 11) is 3.15. The fourth-order valence-corrected chi connectivity index (χ4v) is 4.30. The molecule has 4 rings (SSSR count). The number of benzene rings is 3. The van der Waals surface area contributed by atoms with Gasteiger partial charge in [0.2, 0.25) is 5.91 Å². The van der Waals surface area contributed by atoms with Crippen molar-refractivity contribution in [3.63, 3.8) is 0 Å². The van der Waals surface area contributed by atoms with Crippen molar-refractivity contribution in [2.24, 2.45) is 0 Å². The number of carbonyl (C=O) groups is 1. The number of methoxy groups -OCH3 is 2. The SMILES string of the molecule is COc1ccccc1CNC(=O)CSc1nc2ccccc2c(=O)n1-c1ccccc1OC. The number of rotatable bonds is 8. The van der Waals surface area contributed by atoms with E-state index < -0.39 is 0 Å². The van der Waals surface area contributed by atoms with Crippen LogP contribution in [0, 0.1) is 0 Å². The first kappa shape index (κ1) is 22.4.